The van der Waals surface area contributed by atoms with Crippen molar-refractivity contribution in [2.75, 3.05) is 33.3 Å². The van der Waals surface area contributed by atoms with E-state index in [2.05, 4.69) is 9.80 Å². The third-order valence-electron chi connectivity index (χ3n) is 5.76. The minimum atomic E-state index is -0.286. The zero-order chi connectivity index (χ0) is 18.8. The van der Waals surface area contributed by atoms with E-state index in [1.807, 2.05) is 36.4 Å². The van der Waals surface area contributed by atoms with Crippen molar-refractivity contribution >= 4 is 5.97 Å². The predicted octanol–water partition coefficient (Wildman–Crippen LogP) is 2.74. The van der Waals surface area contributed by atoms with E-state index in [0.29, 0.717) is 11.3 Å². The largest absolute Gasteiger partial charge is 0.508 e. The molecule has 0 spiro atoms. The smallest absolute Gasteiger partial charge is 0.337 e. The maximum Gasteiger partial charge on any atom is 0.337 e. The SMILES string of the molecule is COC(=O)c1ccc(CN2CC3CN(Cc4ccc(O)cc4)CC3C2)cc1. The number of fused-ring (bicyclic) bond motifs is 1. The lowest BCUT2D eigenvalue weighted by molar-refractivity contribution is 0.0600. The van der Waals surface area contributed by atoms with Crippen molar-refractivity contribution in [2.45, 2.75) is 13.1 Å². The van der Waals surface area contributed by atoms with Gasteiger partial charge in [0.25, 0.3) is 0 Å². The van der Waals surface area contributed by atoms with Crippen molar-refractivity contribution in [3.05, 3.63) is 65.2 Å². The number of hydrogen-bond donors (Lipinski definition) is 1. The first kappa shape index (κ1) is 18.0. The molecule has 4 rings (SSSR count). The lowest BCUT2D eigenvalue weighted by Gasteiger charge is -2.21. The van der Waals surface area contributed by atoms with Crippen LogP contribution >= 0.6 is 0 Å². The van der Waals surface area contributed by atoms with Gasteiger partial charge < -0.3 is 9.84 Å². The fraction of sp³-hybridized carbons (Fsp3) is 0.409. The van der Waals surface area contributed by atoms with Gasteiger partial charge in [-0.15, -0.1) is 0 Å². The van der Waals surface area contributed by atoms with Gasteiger partial charge in [-0.2, -0.15) is 0 Å². The molecular weight excluding hydrogens is 340 g/mol. The van der Waals surface area contributed by atoms with Crippen molar-refractivity contribution in [2.24, 2.45) is 11.8 Å². The zero-order valence-corrected chi connectivity index (χ0v) is 15.7. The first-order valence-corrected chi connectivity index (χ1v) is 9.50. The van der Waals surface area contributed by atoms with Crippen molar-refractivity contribution in [3.63, 3.8) is 0 Å². The fourth-order valence-corrected chi connectivity index (χ4v) is 4.43. The fourth-order valence-electron chi connectivity index (χ4n) is 4.43. The summed E-state index contributed by atoms with van der Waals surface area (Å²) >= 11 is 0. The number of carbonyl (C=O) groups excluding carboxylic acids is 1. The maximum atomic E-state index is 11.5. The summed E-state index contributed by atoms with van der Waals surface area (Å²) in [7, 11) is 1.41. The topological polar surface area (TPSA) is 53.0 Å². The van der Waals surface area contributed by atoms with Gasteiger partial charge in [0, 0.05) is 39.3 Å². The minimum absolute atomic E-state index is 0.286. The van der Waals surface area contributed by atoms with Gasteiger partial charge in [0.2, 0.25) is 0 Å². The molecule has 2 aliphatic rings. The van der Waals surface area contributed by atoms with Crippen LogP contribution in [0.3, 0.4) is 0 Å². The highest BCUT2D eigenvalue weighted by molar-refractivity contribution is 5.89. The summed E-state index contributed by atoms with van der Waals surface area (Å²) in [6.07, 6.45) is 0. The van der Waals surface area contributed by atoms with E-state index in [0.717, 1.165) is 51.1 Å². The van der Waals surface area contributed by atoms with E-state index >= 15 is 0 Å². The average molecular weight is 366 g/mol. The van der Waals surface area contributed by atoms with Gasteiger partial charge in [0.15, 0.2) is 0 Å². The lowest BCUT2D eigenvalue weighted by Crippen LogP contribution is -2.28. The van der Waals surface area contributed by atoms with Crippen LogP contribution in [0.1, 0.15) is 21.5 Å². The van der Waals surface area contributed by atoms with E-state index in [1.54, 1.807) is 12.1 Å². The van der Waals surface area contributed by atoms with Gasteiger partial charge in [0.1, 0.15) is 5.75 Å². The number of likely N-dealkylation sites (tertiary alicyclic amines) is 2. The van der Waals surface area contributed by atoms with E-state index in [9.17, 15) is 9.90 Å². The number of hydrogen-bond acceptors (Lipinski definition) is 5. The van der Waals surface area contributed by atoms with Gasteiger partial charge in [-0.3, -0.25) is 9.80 Å². The standard InChI is InChI=1S/C22H26N2O3/c1-27-22(26)18-6-2-16(3-7-18)10-23-12-19-14-24(15-20(19)13-23)11-17-4-8-21(25)9-5-17/h2-9,19-20,25H,10-15H2,1H3. The third kappa shape index (κ3) is 4.15. The Bertz CT molecular complexity index is 774. The molecule has 0 aliphatic carbocycles. The second-order valence-corrected chi connectivity index (χ2v) is 7.76. The summed E-state index contributed by atoms with van der Waals surface area (Å²) < 4.78 is 4.75. The quantitative estimate of drug-likeness (QED) is 0.825. The van der Waals surface area contributed by atoms with Gasteiger partial charge in [-0.25, -0.2) is 4.79 Å². The highest BCUT2D eigenvalue weighted by atomic mass is 16.5. The summed E-state index contributed by atoms with van der Waals surface area (Å²) in [5, 5.41) is 9.41. The van der Waals surface area contributed by atoms with Crippen LogP contribution in [0.4, 0.5) is 0 Å². The van der Waals surface area contributed by atoms with Crippen molar-refractivity contribution in [1.82, 2.24) is 9.80 Å². The molecular formula is C22H26N2O3. The second-order valence-electron chi connectivity index (χ2n) is 7.76. The van der Waals surface area contributed by atoms with Gasteiger partial charge in [-0.1, -0.05) is 24.3 Å². The maximum absolute atomic E-state index is 11.5. The van der Waals surface area contributed by atoms with Crippen LogP contribution in [-0.2, 0) is 17.8 Å². The Morgan fingerprint density at radius 3 is 1.78 bits per heavy atom. The number of methoxy groups -OCH3 is 1. The molecule has 2 aromatic rings. The first-order valence-electron chi connectivity index (χ1n) is 9.50. The van der Waals surface area contributed by atoms with Crippen molar-refractivity contribution in [1.29, 1.82) is 0 Å². The number of esters is 1. The van der Waals surface area contributed by atoms with Crippen LogP contribution in [0.2, 0.25) is 0 Å². The molecule has 0 bridgehead atoms. The molecule has 5 nitrogen and oxygen atoms in total. The van der Waals surface area contributed by atoms with E-state index in [-0.39, 0.29) is 5.97 Å². The number of benzene rings is 2. The number of rotatable bonds is 5. The summed E-state index contributed by atoms with van der Waals surface area (Å²) in [5.74, 6) is 1.51. The molecule has 0 saturated carbocycles. The van der Waals surface area contributed by atoms with Crippen molar-refractivity contribution < 1.29 is 14.6 Å². The summed E-state index contributed by atoms with van der Waals surface area (Å²) in [5.41, 5.74) is 3.10. The van der Waals surface area contributed by atoms with E-state index in [4.69, 9.17) is 4.74 Å². The van der Waals surface area contributed by atoms with Crippen LogP contribution in [0.25, 0.3) is 0 Å². The van der Waals surface area contributed by atoms with Crippen molar-refractivity contribution in [3.8, 4) is 5.75 Å². The molecule has 0 amide bonds. The van der Waals surface area contributed by atoms with Gasteiger partial charge in [0.05, 0.1) is 12.7 Å². The predicted molar refractivity (Wildman–Crippen MR) is 103 cm³/mol. The van der Waals surface area contributed by atoms with E-state index in [1.165, 1.54) is 18.2 Å². The molecule has 27 heavy (non-hydrogen) atoms. The summed E-state index contributed by atoms with van der Waals surface area (Å²) in [6.45, 7) is 6.45. The number of ether oxygens (including phenoxy) is 1. The molecule has 2 aliphatic heterocycles. The molecule has 2 atom stereocenters. The monoisotopic (exact) mass is 366 g/mol. The molecule has 2 saturated heterocycles. The van der Waals surface area contributed by atoms with Crippen LogP contribution < -0.4 is 0 Å². The zero-order valence-electron chi connectivity index (χ0n) is 15.7. The van der Waals surface area contributed by atoms with E-state index < -0.39 is 0 Å². The highest BCUT2D eigenvalue weighted by Gasteiger charge is 2.39. The number of nitrogens with zero attached hydrogens (tertiary/aromatic N) is 2. The number of phenolic OH excluding ortho intramolecular Hbond substituents is 1. The number of carbonyl (C=O) groups is 1. The Hall–Kier alpha value is -2.37. The third-order valence-corrected chi connectivity index (χ3v) is 5.76. The lowest BCUT2D eigenvalue weighted by atomic mass is 10.0. The van der Waals surface area contributed by atoms with Crippen LogP contribution in [0.5, 0.6) is 5.75 Å². The Morgan fingerprint density at radius 1 is 0.889 bits per heavy atom. The molecule has 2 heterocycles. The highest BCUT2D eigenvalue weighted by Crippen LogP contribution is 2.32. The minimum Gasteiger partial charge on any atom is -0.508 e. The Kier molecular flexibility index (Phi) is 5.14. The average Bonchev–Trinajstić information content (AvgIpc) is 3.21. The first-order chi connectivity index (χ1) is 13.1. The molecule has 0 radical (unpaired) electrons. The Balaban J connectivity index is 1.28. The normalized spacial score (nSPS) is 22.7. The molecule has 2 unspecified atom stereocenters. The van der Waals surface area contributed by atoms with Crippen LogP contribution in [0.15, 0.2) is 48.5 Å². The molecule has 0 aromatic heterocycles. The molecule has 2 aromatic carbocycles. The number of aromatic hydroxyl groups is 1. The molecule has 5 heteroatoms. The summed E-state index contributed by atoms with van der Waals surface area (Å²) in [6, 6.07) is 15.3. The Morgan fingerprint density at radius 2 is 1.33 bits per heavy atom. The molecule has 2 fully saturated rings. The van der Waals surface area contributed by atoms with Gasteiger partial charge in [-0.05, 0) is 47.2 Å². The Labute approximate surface area is 160 Å². The second kappa shape index (κ2) is 7.71. The molecule has 142 valence electrons. The summed E-state index contributed by atoms with van der Waals surface area (Å²) in [4.78, 5) is 16.6. The molecule has 1 N–H and O–H groups in total. The van der Waals surface area contributed by atoms with Crippen LogP contribution in [-0.4, -0.2) is 54.2 Å². The van der Waals surface area contributed by atoms with Crippen LogP contribution in [0, 0.1) is 11.8 Å². The van der Waals surface area contributed by atoms with Gasteiger partial charge >= 0.3 is 5.97 Å². The number of phenols is 1.